The summed E-state index contributed by atoms with van der Waals surface area (Å²) >= 11 is 0. The summed E-state index contributed by atoms with van der Waals surface area (Å²) in [7, 11) is 0. The Bertz CT molecular complexity index is 998. The molecule has 2 aromatic carbocycles. The Labute approximate surface area is 177 Å². The SMILES string of the molecule is CCCN1CCN(C(=O)C(C)Oc2ccc(-c3cnc4ccccc4n3)cc2)CC1. The van der Waals surface area contributed by atoms with E-state index in [0.29, 0.717) is 5.75 Å². The summed E-state index contributed by atoms with van der Waals surface area (Å²) in [5.74, 6) is 0.730. The molecule has 6 heteroatoms. The van der Waals surface area contributed by atoms with E-state index in [0.717, 1.165) is 61.4 Å². The highest BCUT2D eigenvalue weighted by Gasteiger charge is 2.25. The van der Waals surface area contributed by atoms with E-state index < -0.39 is 6.10 Å². The first-order valence-electron chi connectivity index (χ1n) is 10.6. The lowest BCUT2D eigenvalue weighted by Crippen LogP contribution is -2.51. The molecule has 1 fully saturated rings. The number of carbonyl (C=O) groups excluding carboxylic acids is 1. The molecule has 1 aromatic heterocycles. The molecule has 1 aliphatic heterocycles. The number of amides is 1. The number of hydrogen-bond acceptors (Lipinski definition) is 5. The van der Waals surface area contributed by atoms with Crippen LogP contribution in [0, 0.1) is 0 Å². The zero-order valence-electron chi connectivity index (χ0n) is 17.6. The lowest BCUT2D eigenvalue weighted by molar-refractivity contribution is -0.139. The van der Waals surface area contributed by atoms with Crippen molar-refractivity contribution in [3.05, 3.63) is 54.7 Å². The average Bonchev–Trinajstić information content (AvgIpc) is 2.79. The highest BCUT2D eigenvalue weighted by atomic mass is 16.5. The highest BCUT2D eigenvalue weighted by Crippen LogP contribution is 2.23. The van der Waals surface area contributed by atoms with Gasteiger partial charge in [0, 0.05) is 31.7 Å². The molecule has 0 radical (unpaired) electrons. The molecular formula is C24H28N4O2. The number of fused-ring (bicyclic) bond motifs is 1. The molecule has 0 aliphatic carbocycles. The van der Waals surface area contributed by atoms with Crippen molar-refractivity contribution in [2.45, 2.75) is 26.4 Å². The molecule has 156 valence electrons. The monoisotopic (exact) mass is 404 g/mol. The first-order valence-corrected chi connectivity index (χ1v) is 10.6. The lowest BCUT2D eigenvalue weighted by atomic mass is 10.1. The minimum absolute atomic E-state index is 0.0515. The Hall–Kier alpha value is -2.99. The summed E-state index contributed by atoms with van der Waals surface area (Å²) < 4.78 is 5.92. The Morgan fingerprint density at radius 3 is 2.43 bits per heavy atom. The number of benzene rings is 2. The van der Waals surface area contributed by atoms with Crippen molar-refractivity contribution < 1.29 is 9.53 Å². The van der Waals surface area contributed by atoms with Crippen LogP contribution in [0.3, 0.4) is 0 Å². The van der Waals surface area contributed by atoms with E-state index in [1.807, 2.05) is 60.4 Å². The van der Waals surface area contributed by atoms with Gasteiger partial charge in [0.15, 0.2) is 6.10 Å². The van der Waals surface area contributed by atoms with Crippen molar-refractivity contribution in [1.29, 1.82) is 0 Å². The van der Waals surface area contributed by atoms with Gasteiger partial charge in [-0.15, -0.1) is 0 Å². The van der Waals surface area contributed by atoms with Crippen molar-refractivity contribution in [3.8, 4) is 17.0 Å². The molecule has 1 amide bonds. The van der Waals surface area contributed by atoms with Gasteiger partial charge >= 0.3 is 0 Å². The number of carbonyl (C=O) groups is 1. The number of piperazine rings is 1. The van der Waals surface area contributed by atoms with Crippen LogP contribution in [0.15, 0.2) is 54.7 Å². The van der Waals surface area contributed by atoms with Gasteiger partial charge in [0.1, 0.15) is 5.75 Å². The minimum Gasteiger partial charge on any atom is -0.481 e. The van der Waals surface area contributed by atoms with E-state index in [9.17, 15) is 4.79 Å². The lowest BCUT2D eigenvalue weighted by Gasteiger charge is -2.35. The summed E-state index contributed by atoms with van der Waals surface area (Å²) in [6, 6.07) is 15.5. The van der Waals surface area contributed by atoms with Gasteiger partial charge in [0.25, 0.3) is 5.91 Å². The first-order chi connectivity index (χ1) is 14.6. The molecular weight excluding hydrogens is 376 g/mol. The predicted molar refractivity (Wildman–Crippen MR) is 118 cm³/mol. The van der Waals surface area contributed by atoms with Crippen LogP contribution in [0.1, 0.15) is 20.3 Å². The second-order valence-electron chi connectivity index (χ2n) is 7.70. The quantitative estimate of drug-likeness (QED) is 0.628. The van der Waals surface area contributed by atoms with Crippen LogP contribution < -0.4 is 4.74 Å². The summed E-state index contributed by atoms with van der Waals surface area (Å²) in [5.41, 5.74) is 3.53. The second kappa shape index (κ2) is 9.22. The molecule has 3 aromatic rings. The molecule has 4 rings (SSSR count). The van der Waals surface area contributed by atoms with Gasteiger partial charge in [-0.1, -0.05) is 19.1 Å². The molecule has 2 heterocycles. The fourth-order valence-corrected chi connectivity index (χ4v) is 3.82. The maximum Gasteiger partial charge on any atom is 0.263 e. The van der Waals surface area contributed by atoms with Crippen molar-refractivity contribution in [3.63, 3.8) is 0 Å². The number of nitrogens with zero attached hydrogens (tertiary/aromatic N) is 4. The molecule has 6 nitrogen and oxygen atoms in total. The molecule has 30 heavy (non-hydrogen) atoms. The molecule has 1 saturated heterocycles. The van der Waals surface area contributed by atoms with E-state index in [1.165, 1.54) is 0 Å². The number of hydrogen-bond donors (Lipinski definition) is 0. The Morgan fingerprint density at radius 1 is 1.03 bits per heavy atom. The van der Waals surface area contributed by atoms with Crippen LogP contribution in [-0.4, -0.2) is 64.5 Å². The van der Waals surface area contributed by atoms with Gasteiger partial charge in [-0.05, 0) is 56.3 Å². The van der Waals surface area contributed by atoms with Crippen LogP contribution in [0.5, 0.6) is 5.75 Å². The topological polar surface area (TPSA) is 58.6 Å². The van der Waals surface area contributed by atoms with Crippen molar-refractivity contribution >= 4 is 16.9 Å². The molecule has 0 saturated carbocycles. The maximum absolute atomic E-state index is 12.7. The first kappa shape index (κ1) is 20.3. The molecule has 1 unspecified atom stereocenters. The van der Waals surface area contributed by atoms with E-state index >= 15 is 0 Å². The minimum atomic E-state index is -0.506. The van der Waals surface area contributed by atoms with E-state index in [2.05, 4.69) is 21.8 Å². The van der Waals surface area contributed by atoms with Gasteiger partial charge in [-0.2, -0.15) is 0 Å². The third-order valence-electron chi connectivity index (χ3n) is 5.48. The van der Waals surface area contributed by atoms with Crippen LogP contribution in [0.2, 0.25) is 0 Å². The third-order valence-corrected chi connectivity index (χ3v) is 5.48. The second-order valence-corrected chi connectivity index (χ2v) is 7.70. The summed E-state index contributed by atoms with van der Waals surface area (Å²) in [5, 5.41) is 0. The van der Waals surface area contributed by atoms with Crippen LogP contribution >= 0.6 is 0 Å². The number of aromatic nitrogens is 2. The highest BCUT2D eigenvalue weighted by molar-refractivity contribution is 5.81. The number of ether oxygens (including phenoxy) is 1. The van der Waals surface area contributed by atoms with Gasteiger partial charge in [-0.3, -0.25) is 14.7 Å². The third kappa shape index (κ3) is 4.60. The van der Waals surface area contributed by atoms with E-state index in [4.69, 9.17) is 4.74 Å². The fourth-order valence-electron chi connectivity index (χ4n) is 3.82. The predicted octanol–water partition coefficient (Wildman–Crippen LogP) is 3.62. The van der Waals surface area contributed by atoms with E-state index in [-0.39, 0.29) is 5.91 Å². The average molecular weight is 405 g/mol. The zero-order valence-corrected chi connectivity index (χ0v) is 17.6. The molecule has 1 aliphatic rings. The fraction of sp³-hybridized carbons (Fsp3) is 0.375. The molecule has 0 bridgehead atoms. The smallest absolute Gasteiger partial charge is 0.263 e. The van der Waals surface area contributed by atoms with Crippen LogP contribution in [0.4, 0.5) is 0 Å². The van der Waals surface area contributed by atoms with Gasteiger partial charge in [0.2, 0.25) is 0 Å². The largest absolute Gasteiger partial charge is 0.481 e. The Morgan fingerprint density at radius 2 is 1.73 bits per heavy atom. The number of para-hydroxylation sites is 2. The molecule has 0 N–H and O–H groups in total. The van der Waals surface area contributed by atoms with Crippen molar-refractivity contribution in [2.75, 3.05) is 32.7 Å². The maximum atomic E-state index is 12.7. The van der Waals surface area contributed by atoms with Gasteiger partial charge < -0.3 is 9.64 Å². The molecule has 1 atom stereocenters. The van der Waals surface area contributed by atoms with Gasteiger partial charge in [-0.25, -0.2) is 4.98 Å². The van der Waals surface area contributed by atoms with E-state index in [1.54, 1.807) is 6.20 Å². The summed E-state index contributed by atoms with van der Waals surface area (Å²) in [4.78, 5) is 26.2. The zero-order chi connectivity index (χ0) is 20.9. The Balaban J connectivity index is 1.37. The Kier molecular flexibility index (Phi) is 6.23. The molecule has 0 spiro atoms. The summed E-state index contributed by atoms with van der Waals surface area (Å²) in [6.07, 6.45) is 2.42. The van der Waals surface area contributed by atoms with Crippen LogP contribution in [0.25, 0.3) is 22.3 Å². The standard InChI is InChI=1S/C24H28N4O2/c1-3-12-27-13-15-28(16-14-27)24(29)18(2)30-20-10-8-19(9-11-20)23-17-25-21-6-4-5-7-22(21)26-23/h4-11,17-18H,3,12-16H2,1-2H3. The number of rotatable bonds is 6. The van der Waals surface area contributed by atoms with Gasteiger partial charge in [0.05, 0.1) is 22.9 Å². The van der Waals surface area contributed by atoms with Crippen molar-refractivity contribution in [1.82, 2.24) is 19.8 Å². The summed E-state index contributed by atoms with van der Waals surface area (Å²) in [6.45, 7) is 8.52. The van der Waals surface area contributed by atoms with Crippen LogP contribution in [-0.2, 0) is 4.79 Å². The normalized spacial score (nSPS) is 15.9. The van der Waals surface area contributed by atoms with Crippen molar-refractivity contribution in [2.24, 2.45) is 0 Å².